The lowest BCUT2D eigenvalue weighted by Gasteiger charge is -2.26. The zero-order chi connectivity index (χ0) is 37.7. The van der Waals surface area contributed by atoms with E-state index in [1.54, 1.807) is 0 Å². The topological polar surface area (TPSA) is 21.3 Å². The normalized spacial score (nSPS) is 11.5. The van der Waals surface area contributed by atoms with Crippen LogP contribution in [0.1, 0.15) is 0 Å². The summed E-state index contributed by atoms with van der Waals surface area (Å²) in [6, 6.07) is 78.1. The highest BCUT2D eigenvalue weighted by molar-refractivity contribution is 6.09. The Kier molecular flexibility index (Phi) is 7.82. The van der Waals surface area contributed by atoms with Crippen molar-refractivity contribution in [3.63, 3.8) is 0 Å². The van der Waals surface area contributed by atoms with Crippen LogP contribution in [0.25, 0.3) is 82.8 Å². The Labute approximate surface area is 330 Å². The zero-order valence-electron chi connectivity index (χ0n) is 31.1. The van der Waals surface area contributed by atoms with Crippen molar-refractivity contribution in [3.8, 4) is 39.1 Å². The van der Waals surface area contributed by atoms with E-state index in [0.29, 0.717) is 0 Å². The van der Waals surface area contributed by atoms with Gasteiger partial charge in [0.2, 0.25) is 0 Å². The van der Waals surface area contributed by atoms with Crippen molar-refractivity contribution >= 4 is 60.8 Å². The smallest absolute Gasteiger partial charge is 0.136 e. The third kappa shape index (κ3) is 5.76. The summed E-state index contributed by atoms with van der Waals surface area (Å²) in [5, 5.41) is 4.81. The molecule has 2 heterocycles. The Bertz CT molecular complexity index is 3160. The van der Waals surface area contributed by atoms with Gasteiger partial charge in [-0.25, -0.2) is 0 Å². The molecule has 0 N–H and O–H groups in total. The largest absolute Gasteiger partial charge is 0.456 e. The minimum Gasteiger partial charge on any atom is -0.456 e. The summed E-state index contributed by atoms with van der Waals surface area (Å²) in [5.41, 5.74) is 15.6. The second kappa shape index (κ2) is 13.6. The second-order valence-corrected chi connectivity index (χ2v) is 14.6. The van der Waals surface area contributed by atoms with Crippen molar-refractivity contribution in [2.24, 2.45) is 0 Å². The van der Waals surface area contributed by atoms with Crippen LogP contribution >= 0.6 is 0 Å². The van der Waals surface area contributed by atoms with E-state index >= 15 is 0 Å². The molecule has 57 heavy (non-hydrogen) atoms. The number of anilines is 3. The molecule has 3 heteroatoms. The van der Waals surface area contributed by atoms with E-state index in [0.717, 1.165) is 61.4 Å². The Hall–Kier alpha value is -7.62. The van der Waals surface area contributed by atoms with E-state index in [9.17, 15) is 0 Å². The molecule has 11 aromatic rings. The predicted molar refractivity (Wildman–Crippen MR) is 239 cm³/mol. The predicted octanol–water partition coefficient (Wildman–Crippen LogP) is 15.2. The van der Waals surface area contributed by atoms with Crippen LogP contribution in [-0.4, -0.2) is 4.57 Å². The molecule has 3 nitrogen and oxygen atoms in total. The first-order valence-electron chi connectivity index (χ1n) is 19.4. The van der Waals surface area contributed by atoms with Crippen molar-refractivity contribution in [1.82, 2.24) is 4.57 Å². The van der Waals surface area contributed by atoms with Gasteiger partial charge in [-0.2, -0.15) is 0 Å². The molecule has 0 aliphatic rings. The number of rotatable bonds is 7. The molecule has 0 radical (unpaired) electrons. The Morgan fingerprint density at radius 1 is 0.298 bits per heavy atom. The molecule has 0 saturated heterocycles. The summed E-state index contributed by atoms with van der Waals surface area (Å²) >= 11 is 0. The fraction of sp³-hybridized carbons (Fsp3) is 0. The fourth-order valence-corrected chi connectivity index (χ4v) is 8.42. The molecule has 0 aliphatic heterocycles. The van der Waals surface area contributed by atoms with Crippen molar-refractivity contribution in [2.45, 2.75) is 0 Å². The van der Waals surface area contributed by atoms with Gasteiger partial charge in [0.1, 0.15) is 11.2 Å². The summed E-state index contributed by atoms with van der Waals surface area (Å²) < 4.78 is 8.60. The van der Waals surface area contributed by atoms with Gasteiger partial charge < -0.3 is 13.9 Å². The maximum absolute atomic E-state index is 6.23. The molecule has 268 valence electrons. The highest BCUT2D eigenvalue weighted by Gasteiger charge is 2.16. The monoisotopic (exact) mass is 728 g/mol. The first-order valence-corrected chi connectivity index (χ1v) is 19.4. The minimum atomic E-state index is 0.901. The van der Waals surface area contributed by atoms with Crippen LogP contribution in [0.5, 0.6) is 0 Å². The van der Waals surface area contributed by atoms with Gasteiger partial charge in [-0.3, -0.25) is 0 Å². The maximum Gasteiger partial charge on any atom is 0.136 e. The number of furan rings is 1. The summed E-state index contributed by atoms with van der Waals surface area (Å²) in [5.74, 6) is 0. The van der Waals surface area contributed by atoms with Crippen LogP contribution in [0.4, 0.5) is 17.1 Å². The number of fused-ring (bicyclic) bond motifs is 6. The highest BCUT2D eigenvalue weighted by atomic mass is 16.3. The number of nitrogens with zero attached hydrogens (tertiary/aromatic N) is 2. The summed E-state index contributed by atoms with van der Waals surface area (Å²) in [7, 11) is 0. The first kappa shape index (κ1) is 32.8. The zero-order valence-corrected chi connectivity index (χ0v) is 31.1. The lowest BCUT2D eigenvalue weighted by atomic mass is 10.0. The Balaban J connectivity index is 0.958. The standard InChI is InChI=1S/C54H36N2O/c1-2-11-37(12-3-1)38-21-28-43(29-22-38)55(45-32-25-40(26-33-45)42-27-34-50-49-17-6-9-20-53(49)57-54(50)36-42)44-30-23-39(24-31-44)41-13-10-14-46(35-41)56-51-18-7-4-15-47(51)48-16-5-8-19-52(48)56/h1-36H. The van der Waals surface area contributed by atoms with Gasteiger partial charge in [0.15, 0.2) is 0 Å². The molecular weight excluding hydrogens is 693 g/mol. The summed E-state index contributed by atoms with van der Waals surface area (Å²) in [6.45, 7) is 0. The fourth-order valence-electron chi connectivity index (χ4n) is 8.42. The quantitative estimate of drug-likeness (QED) is 0.163. The van der Waals surface area contributed by atoms with Gasteiger partial charge in [0.25, 0.3) is 0 Å². The molecule has 0 aliphatic carbocycles. The number of benzene rings is 9. The van der Waals surface area contributed by atoms with E-state index < -0.39 is 0 Å². The molecule has 0 atom stereocenters. The Morgan fingerprint density at radius 3 is 1.35 bits per heavy atom. The SMILES string of the molecule is c1ccc(-c2ccc(N(c3ccc(-c4cccc(-n5c6ccccc6c6ccccc65)c4)cc3)c3ccc(-c4ccc5c(c4)oc4ccccc45)cc3)cc2)cc1. The van der Waals surface area contributed by atoms with Gasteiger partial charge in [0, 0.05) is 44.3 Å². The maximum atomic E-state index is 6.23. The average Bonchev–Trinajstić information content (AvgIpc) is 3.83. The molecule has 9 aromatic carbocycles. The van der Waals surface area contributed by atoms with E-state index in [2.05, 4.69) is 216 Å². The number of hydrogen-bond acceptors (Lipinski definition) is 2. The van der Waals surface area contributed by atoms with Crippen LogP contribution in [0.2, 0.25) is 0 Å². The molecular formula is C54H36N2O. The van der Waals surface area contributed by atoms with Crippen LogP contribution in [0.3, 0.4) is 0 Å². The molecule has 0 unspecified atom stereocenters. The van der Waals surface area contributed by atoms with Crippen molar-refractivity contribution in [3.05, 3.63) is 218 Å². The van der Waals surface area contributed by atoms with Crippen molar-refractivity contribution < 1.29 is 4.42 Å². The van der Waals surface area contributed by atoms with E-state index in [-0.39, 0.29) is 0 Å². The molecule has 0 bridgehead atoms. The number of hydrogen-bond donors (Lipinski definition) is 0. The highest BCUT2D eigenvalue weighted by Crippen LogP contribution is 2.39. The van der Waals surface area contributed by atoms with Gasteiger partial charge in [-0.15, -0.1) is 0 Å². The van der Waals surface area contributed by atoms with Gasteiger partial charge in [0.05, 0.1) is 11.0 Å². The van der Waals surface area contributed by atoms with Crippen LogP contribution in [0.15, 0.2) is 223 Å². The number of aromatic nitrogens is 1. The third-order valence-corrected chi connectivity index (χ3v) is 11.2. The van der Waals surface area contributed by atoms with Crippen LogP contribution in [0, 0.1) is 0 Å². The van der Waals surface area contributed by atoms with Crippen molar-refractivity contribution in [2.75, 3.05) is 4.90 Å². The second-order valence-electron chi connectivity index (χ2n) is 14.6. The summed E-state index contributed by atoms with van der Waals surface area (Å²) in [4.78, 5) is 2.33. The van der Waals surface area contributed by atoms with E-state index in [1.807, 2.05) is 12.1 Å². The van der Waals surface area contributed by atoms with E-state index in [4.69, 9.17) is 4.42 Å². The van der Waals surface area contributed by atoms with Gasteiger partial charge in [-0.05, 0) is 112 Å². The van der Waals surface area contributed by atoms with Crippen LogP contribution < -0.4 is 4.90 Å². The van der Waals surface area contributed by atoms with Crippen molar-refractivity contribution in [1.29, 1.82) is 0 Å². The molecule has 0 saturated carbocycles. The minimum absolute atomic E-state index is 0.901. The molecule has 2 aromatic heterocycles. The third-order valence-electron chi connectivity index (χ3n) is 11.2. The summed E-state index contributed by atoms with van der Waals surface area (Å²) in [6.07, 6.45) is 0. The molecule has 11 rings (SSSR count). The van der Waals surface area contributed by atoms with Crippen LogP contribution in [-0.2, 0) is 0 Å². The molecule has 0 spiro atoms. The lowest BCUT2D eigenvalue weighted by Crippen LogP contribution is -2.09. The average molecular weight is 729 g/mol. The Morgan fingerprint density at radius 2 is 0.737 bits per heavy atom. The lowest BCUT2D eigenvalue weighted by molar-refractivity contribution is 0.669. The number of para-hydroxylation sites is 3. The van der Waals surface area contributed by atoms with E-state index in [1.165, 1.54) is 38.5 Å². The van der Waals surface area contributed by atoms with Gasteiger partial charge in [-0.1, -0.05) is 140 Å². The van der Waals surface area contributed by atoms with Gasteiger partial charge >= 0.3 is 0 Å². The first-order chi connectivity index (χ1) is 28.2. The molecule has 0 amide bonds. The molecule has 0 fully saturated rings.